The Morgan fingerprint density at radius 3 is 2.64 bits per heavy atom. The van der Waals surface area contributed by atoms with E-state index in [2.05, 4.69) is 45.5 Å². The van der Waals surface area contributed by atoms with Gasteiger partial charge in [0.15, 0.2) is 17.4 Å². The summed E-state index contributed by atoms with van der Waals surface area (Å²) in [6.07, 6.45) is 3.09. The minimum Gasteiger partial charge on any atom is -0.450 e. The van der Waals surface area contributed by atoms with Gasteiger partial charge in [0.2, 0.25) is 5.13 Å². The molecule has 1 aromatic carbocycles. The highest BCUT2D eigenvalue weighted by atomic mass is 35.5. The van der Waals surface area contributed by atoms with Crippen LogP contribution in [0.4, 0.5) is 24.4 Å². The third kappa shape index (κ3) is 6.35. The Morgan fingerprint density at radius 1 is 1.22 bits per heavy atom. The van der Waals surface area contributed by atoms with E-state index in [9.17, 15) is 13.6 Å². The Morgan fingerprint density at radius 2 is 1.97 bits per heavy atom. The van der Waals surface area contributed by atoms with Crippen molar-refractivity contribution in [3.63, 3.8) is 0 Å². The zero-order valence-corrected chi connectivity index (χ0v) is 22.2. The Labute approximate surface area is 215 Å². The van der Waals surface area contributed by atoms with Crippen molar-refractivity contribution in [1.29, 1.82) is 0 Å². The second-order valence-electron chi connectivity index (χ2n) is 9.00. The summed E-state index contributed by atoms with van der Waals surface area (Å²) in [6.45, 7) is 7.63. The number of nitrogens with zero attached hydrogens (tertiary/aromatic N) is 4. The maximum absolute atomic E-state index is 14.8. The molecule has 0 fully saturated rings. The average molecular weight is 553 g/mol. The van der Waals surface area contributed by atoms with Gasteiger partial charge in [-0.15, -0.1) is 10.2 Å². The third-order valence-corrected chi connectivity index (χ3v) is 7.55. The summed E-state index contributed by atoms with van der Waals surface area (Å²) in [5, 5.41) is 12.9. The molecule has 190 valence electrons. The molecule has 0 aliphatic rings. The molecule has 0 bridgehead atoms. The van der Waals surface area contributed by atoms with E-state index in [1.165, 1.54) is 17.8 Å². The van der Waals surface area contributed by atoms with Crippen molar-refractivity contribution in [2.75, 3.05) is 17.2 Å². The molecule has 3 heterocycles. The lowest BCUT2D eigenvalue weighted by molar-refractivity contribution is 0.0899. The largest absolute Gasteiger partial charge is 0.450 e. The summed E-state index contributed by atoms with van der Waals surface area (Å²) in [6, 6.07) is 3.63. The van der Waals surface area contributed by atoms with Crippen LogP contribution in [0.3, 0.4) is 0 Å². The van der Waals surface area contributed by atoms with E-state index in [0.29, 0.717) is 22.7 Å². The highest BCUT2D eigenvalue weighted by Gasteiger charge is 2.20. The first-order chi connectivity index (χ1) is 17.1. The van der Waals surface area contributed by atoms with Crippen molar-refractivity contribution in [2.45, 2.75) is 32.4 Å². The van der Waals surface area contributed by atoms with Crippen LogP contribution in [0, 0.1) is 11.6 Å². The summed E-state index contributed by atoms with van der Waals surface area (Å²) < 4.78 is 42.7. The lowest BCUT2D eigenvalue weighted by Gasteiger charge is -2.15. The number of amides is 2. The van der Waals surface area contributed by atoms with Crippen LogP contribution in [-0.4, -0.2) is 40.5 Å². The molecule has 9 nitrogen and oxygen atoms in total. The van der Waals surface area contributed by atoms with Crippen molar-refractivity contribution < 1.29 is 23.0 Å². The second-order valence-corrected chi connectivity index (χ2v) is 15.9. The number of rotatable bonds is 9. The maximum Gasteiger partial charge on any atom is 0.325 e. The van der Waals surface area contributed by atoms with Gasteiger partial charge in [-0.2, -0.15) is 0 Å². The summed E-state index contributed by atoms with van der Waals surface area (Å²) in [7, 11) is -1.23. The van der Waals surface area contributed by atoms with Crippen LogP contribution in [0.5, 0.6) is 11.5 Å². The van der Waals surface area contributed by atoms with Crippen molar-refractivity contribution in [1.82, 2.24) is 19.7 Å². The molecule has 4 rings (SSSR count). The molecular weight excluding hydrogens is 530 g/mol. The standard InChI is InChI=1S/C22H23ClF2N6O3SSi/c1-36(2,3)7-6-33-12-31-10-14(23)18-17(4-5-26-20(18)31)34-19-15(24)8-13(9-16(19)25)28-21(32)29-22-30-27-11-35-22/h4-5,8-11H,6-7,12H2,1-3H3,(H2,28,29,30,32). The summed E-state index contributed by atoms with van der Waals surface area (Å²) in [4.78, 5) is 16.3. The Bertz CT molecular complexity index is 1360. The van der Waals surface area contributed by atoms with Gasteiger partial charge < -0.3 is 19.4 Å². The number of halogens is 3. The molecule has 3 aromatic heterocycles. The number of hydrogen-bond donors (Lipinski definition) is 2. The van der Waals surface area contributed by atoms with Crippen LogP contribution >= 0.6 is 22.9 Å². The number of hydrogen-bond acceptors (Lipinski definition) is 7. The van der Waals surface area contributed by atoms with Crippen molar-refractivity contribution >= 4 is 58.9 Å². The molecule has 4 aromatic rings. The van der Waals surface area contributed by atoms with Crippen LogP contribution in [-0.2, 0) is 11.5 Å². The van der Waals surface area contributed by atoms with E-state index in [-0.39, 0.29) is 23.3 Å². The van der Waals surface area contributed by atoms with E-state index < -0.39 is 31.5 Å². The zero-order valence-electron chi connectivity index (χ0n) is 19.6. The first-order valence-corrected chi connectivity index (χ1v) is 15.8. The fraction of sp³-hybridized carbons (Fsp3) is 0.273. The smallest absolute Gasteiger partial charge is 0.325 e. The van der Waals surface area contributed by atoms with E-state index in [0.717, 1.165) is 29.5 Å². The third-order valence-electron chi connectivity index (χ3n) is 4.95. The van der Waals surface area contributed by atoms with E-state index in [1.54, 1.807) is 10.8 Å². The molecule has 0 spiro atoms. The van der Waals surface area contributed by atoms with Gasteiger partial charge in [-0.1, -0.05) is 42.6 Å². The fourth-order valence-electron chi connectivity index (χ4n) is 3.19. The molecule has 36 heavy (non-hydrogen) atoms. The molecule has 0 unspecified atom stereocenters. The number of anilines is 2. The number of urea groups is 1. The van der Waals surface area contributed by atoms with Crippen LogP contribution in [0.15, 0.2) is 36.1 Å². The van der Waals surface area contributed by atoms with E-state index in [4.69, 9.17) is 21.1 Å². The topological polar surface area (TPSA) is 103 Å². The summed E-state index contributed by atoms with van der Waals surface area (Å²) in [5.41, 5.74) is 1.77. The zero-order chi connectivity index (χ0) is 25.9. The molecule has 0 atom stereocenters. The molecule has 2 N–H and O–H groups in total. The van der Waals surface area contributed by atoms with E-state index in [1.807, 2.05) is 0 Å². The number of ether oxygens (including phenoxy) is 2. The van der Waals surface area contributed by atoms with Crippen molar-refractivity contribution in [3.05, 3.63) is 52.8 Å². The number of carbonyl (C=O) groups excluding carboxylic acids is 1. The number of benzene rings is 1. The van der Waals surface area contributed by atoms with Crippen molar-refractivity contribution in [2.24, 2.45) is 0 Å². The van der Waals surface area contributed by atoms with Gasteiger partial charge in [-0.05, 0) is 12.1 Å². The Balaban J connectivity index is 1.50. The van der Waals surface area contributed by atoms with Gasteiger partial charge in [-0.25, -0.2) is 18.6 Å². The number of carbonyl (C=O) groups is 1. The summed E-state index contributed by atoms with van der Waals surface area (Å²) in [5.74, 6) is -2.56. The van der Waals surface area contributed by atoms with E-state index >= 15 is 0 Å². The number of nitrogens with one attached hydrogen (secondary N) is 2. The van der Waals surface area contributed by atoms with Gasteiger partial charge in [0, 0.05) is 44.9 Å². The normalized spacial score (nSPS) is 11.6. The van der Waals surface area contributed by atoms with Crippen LogP contribution in [0.2, 0.25) is 30.7 Å². The van der Waals surface area contributed by atoms with Gasteiger partial charge >= 0.3 is 6.03 Å². The van der Waals surface area contributed by atoms with Crippen molar-refractivity contribution in [3.8, 4) is 11.5 Å². The predicted octanol–water partition coefficient (Wildman–Crippen LogP) is 6.57. The molecule has 0 radical (unpaired) electrons. The SMILES string of the molecule is C[Si](C)(C)CCOCn1cc(Cl)c2c(Oc3c(F)cc(NC(=O)Nc4nncs4)cc3F)ccnc21. The van der Waals surface area contributed by atoms with Crippen LogP contribution < -0.4 is 15.4 Å². The van der Waals surface area contributed by atoms with Crippen LogP contribution in [0.25, 0.3) is 11.0 Å². The lowest BCUT2D eigenvalue weighted by Crippen LogP contribution is -2.22. The molecule has 14 heteroatoms. The Kier molecular flexibility index (Phi) is 7.83. The monoisotopic (exact) mass is 552 g/mol. The molecule has 0 saturated carbocycles. The minimum absolute atomic E-state index is 0.112. The van der Waals surface area contributed by atoms with Gasteiger partial charge in [0.1, 0.15) is 23.6 Å². The minimum atomic E-state index is -1.23. The van der Waals surface area contributed by atoms with Gasteiger partial charge in [-0.3, -0.25) is 5.32 Å². The Hall–Kier alpha value is -3.13. The lowest BCUT2D eigenvalue weighted by atomic mass is 10.2. The molecular formula is C22H23ClF2N6O3SSi. The van der Waals surface area contributed by atoms with Gasteiger partial charge in [0.25, 0.3) is 0 Å². The molecule has 0 saturated heterocycles. The molecule has 0 aliphatic carbocycles. The summed E-state index contributed by atoms with van der Waals surface area (Å²) >= 11 is 7.51. The average Bonchev–Trinajstić information content (AvgIpc) is 3.41. The fourth-order valence-corrected chi connectivity index (χ4v) is 4.68. The van der Waals surface area contributed by atoms with Crippen LogP contribution in [0.1, 0.15) is 0 Å². The number of fused-ring (bicyclic) bond motifs is 1. The second kappa shape index (κ2) is 10.9. The first kappa shape index (κ1) is 25.9. The molecule has 2 amide bonds. The predicted molar refractivity (Wildman–Crippen MR) is 138 cm³/mol. The molecule has 0 aliphatic heterocycles. The highest BCUT2D eigenvalue weighted by Crippen LogP contribution is 2.37. The first-order valence-electron chi connectivity index (χ1n) is 10.8. The van der Waals surface area contributed by atoms with Gasteiger partial charge in [0.05, 0.1) is 10.4 Å². The number of pyridine rings is 1. The maximum atomic E-state index is 14.8. The highest BCUT2D eigenvalue weighted by molar-refractivity contribution is 7.13. The quantitative estimate of drug-likeness (QED) is 0.180. The number of aromatic nitrogens is 4.